The van der Waals surface area contributed by atoms with Crippen molar-refractivity contribution in [1.82, 2.24) is 10.3 Å². The zero-order valence-electron chi connectivity index (χ0n) is 12.5. The molecule has 21 heavy (non-hydrogen) atoms. The van der Waals surface area contributed by atoms with E-state index in [1.165, 1.54) is 0 Å². The van der Waals surface area contributed by atoms with Crippen LogP contribution in [0.25, 0.3) is 0 Å². The molecule has 0 aliphatic heterocycles. The van der Waals surface area contributed by atoms with Crippen molar-refractivity contribution < 1.29 is 0 Å². The van der Waals surface area contributed by atoms with E-state index in [4.69, 9.17) is 28.2 Å². The van der Waals surface area contributed by atoms with Crippen LogP contribution in [0.5, 0.6) is 0 Å². The molecule has 0 spiro atoms. The highest BCUT2D eigenvalue weighted by Gasteiger charge is 2.22. The van der Waals surface area contributed by atoms with Gasteiger partial charge in [-0.05, 0) is 31.0 Å². The first-order chi connectivity index (χ1) is 10.0. The Morgan fingerprint density at radius 1 is 1.24 bits per heavy atom. The van der Waals surface area contributed by atoms with Gasteiger partial charge in [-0.15, -0.1) is 11.3 Å². The molecule has 0 aliphatic rings. The maximum atomic E-state index is 6.37. The Morgan fingerprint density at radius 2 is 1.90 bits per heavy atom. The second kappa shape index (κ2) is 7.59. The molecule has 114 valence electrons. The number of rotatable bonds is 6. The molecule has 2 rings (SSSR count). The quantitative estimate of drug-likeness (QED) is 0.732. The molecule has 0 radical (unpaired) electrons. The number of halogens is 2. The number of nitrogens with one attached hydrogen (secondary N) is 1. The summed E-state index contributed by atoms with van der Waals surface area (Å²) in [6.45, 7) is 7.33. The fourth-order valence-corrected chi connectivity index (χ4v) is 3.76. The smallest absolute Gasteiger partial charge is 0.115 e. The van der Waals surface area contributed by atoms with E-state index in [-0.39, 0.29) is 6.04 Å². The molecule has 0 fully saturated rings. The van der Waals surface area contributed by atoms with Crippen LogP contribution in [0.15, 0.2) is 23.6 Å². The summed E-state index contributed by atoms with van der Waals surface area (Å²) < 4.78 is 0. The zero-order chi connectivity index (χ0) is 15.4. The largest absolute Gasteiger partial charge is 0.304 e. The van der Waals surface area contributed by atoms with Gasteiger partial charge in [0.15, 0.2) is 0 Å². The fraction of sp³-hybridized carbons (Fsp3) is 0.438. The SMILES string of the molecule is CCCNC(c1nc(C(C)C)cs1)c1c(Cl)cccc1Cl. The van der Waals surface area contributed by atoms with Gasteiger partial charge in [0, 0.05) is 21.0 Å². The molecule has 1 unspecified atom stereocenters. The molecular weight excluding hydrogens is 323 g/mol. The Morgan fingerprint density at radius 3 is 2.43 bits per heavy atom. The van der Waals surface area contributed by atoms with Crippen molar-refractivity contribution in [2.45, 2.75) is 39.2 Å². The summed E-state index contributed by atoms with van der Waals surface area (Å²) in [5.41, 5.74) is 2.03. The molecule has 2 aromatic rings. The maximum Gasteiger partial charge on any atom is 0.115 e. The van der Waals surface area contributed by atoms with Crippen LogP contribution >= 0.6 is 34.5 Å². The molecule has 1 N–H and O–H groups in total. The number of aromatic nitrogens is 1. The second-order valence-corrected chi connectivity index (χ2v) is 6.99. The minimum absolute atomic E-state index is 0.0522. The lowest BCUT2D eigenvalue weighted by Gasteiger charge is -2.19. The first kappa shape index (κ1) is 16.8. The van der Waals surface area contributed by atoms with E-state index in [1.54, 1.807) is 11.3 Å². The Labute approximate surface area is 140 Å². The van der Waals surface area contributed by atoms with E-state index in [2.05, 4.69) is 31.5 Å². The summed E-state index contributed by atoms with van der Waals surface area (Å²) in [6, 6.07) is 5.57. The molecule has 5 heteroatoms. The summed E-state index contributed by atoms with van der Waals surface area (Å²) in [4.78, 5) is 4.76. The van der Waals surface area contributed by atoms with Gasteiger partial charge < -0.3 is 5.32 Å². The molecule has 0 saturated carbocycles. The highest BCUT2D eigenvalue weighted by molar-refractivity contribution is 7.09. The van der Waals surface area contributed by atoms with Gasteiger partial charge in [-0.25, -0.2) is 4.98 Å². The van der Waals surface area contributed by atoms with Gasteiger partial charge in [0.1, 0.15) is 5.01 Å². The van der Waals surface area contributed by atoms with Crippen LogP contribution in [0.2, 0.25) is 10.0 Å². The molecule has 0 aliphatic carbocycles. The Kier molecular flexibility index (Phi) is 6.06. The summed E-state index contributed by atoms with van der Waals surface area (Å²) in [7, 11) is 0. The summed E-state index contributed by atoms with van der Waals surface area (Å²) in [6.07, 6.45) is 1.04. The van der Waals surface area contributed by atoms with Crippen molar-refractivity contribution in [1.29, 1.82) is 0 Å². The molecule has 1 aromatic heterocycles. The van der Waals surface area contributed by atoms with E-state index >= 15 is 0 Å². The first-order valence-electron chi connectivity index (χ1n) is 7.17. The molecule has 0 bridgehead atoms. The van der Waals surface area contributed by atoms with Gasteiger partial charge in [-0.2, -0.15) is 0 Å². The highest BCUT2D eigenvalue weighted by Crippen LogP contribution is 2.36. The third-order valence-electron chi connectivity index (χ3n) is 3.27. The van der Waals surface area contributed by atoms with Crippen molar-refractivity contribution in [3.05, 3.63) is 49.9 Å². The van der Waals surface area contributed by atoms with Crippen LogP contribution in [0, 0.1) is 0 Å². The van der Waals surface area contributed by atoms with Crippen LogP contribution in [-0.2, 0) is 0 Å². The van der Waals surface area contributed by atoms with E-state index in [1.807, 2.05) is 18.2 Å². The number of benzene rings is 1. The Balaban J connectivity index is 2.42. The Hall–Kier alpha value is -0.610. The van der Waals surface area contributed by atoms with Gasteiger partial charge in [-0.3, -0.25) is 0 Å². The minimum atomic E-state index is -0.0522. The van der Waals surface area contributed by atoms with Crippen LogP contribution in [0.1, 0.15) is 55.4 Å². The average Bonchev–Trinajstić information content (AvgIpc) is 2.91. The predicted octanol–water partition coefficient (Wildman–Crippen LogP) is 5.66. The second-order valence-electron chi connectivity index (χ2n) is 5.29. The van der Waals surface area contributed by atoms with Crippen molar-refractivity contribution in [3.63, 3.8) is 0 Å². The molecular formula is C16H20Cl2N2S. The summed E-state index contributed by atoms with van der Waals surface area (Å²) in [5, 5.41) is 8.00. The molecule has 1 aromatic carbocycles. The fourth-order valence-electron chi connectivity index (χ4n) is 2.09. The molecule has 1 heterocycles. The molecule has 0 amide bonds. The lowest BCUT2D eigenvalue weighted by atomic mass is 10.1. The van der Waals surface area contributed by atoms with E-state index in [0.717, 1.165) is 29.2 Å². The van der Waals surface area contributed by atoms with Crippen LogP contribution in [0.4, 0.5) is 0 Å². The predicted molar refractivity (Wildman–Crippen MR) is 92.8 cm³/mol. The number of nitrogens with zero attached hydrogens (tertiary/aromatic N) is 1. The van der Waals surface area contributed by atoms with Gasteiger partial charge in [0.25, 0.3) is 0 Å². The monoisotopic (exact) mass is 342 g/mol. The van der Waals surface area contributed by atoms with Gasteiger partial charge in [0.2, 0.25) is 0 Å². The standard InChI is InChI=1S/C16H20Cl2N2S/c1-4-8-19-15(14-11(17)6-5-7-12(14)18)16-20-13(9-21-16)10(2)3/h5-7,9-10,15,19H,4,8H2,1-3H3. The van der Waals surface area contributed by atoms with Crippen LogP contribution < -0.4 is 5.32 Å². The van der Waals surface area contributed by atoms with Crippen molar-refractivity contribution in [2.24, 2.45) is 0 Å². The van der Waals surface area contributed by atoms with E-state index in [9.17, 15) is 0 Å². The summed E-state index contributed by atoms with van der Waals surface area (Å²) >= 11 is 14.4. The highest BCUT2D eigenvalue weighted by atomic mass is 35.5. The average molecular weight is 343 g/mol. The third-order valence-corrected chi connectivity index (χ3v) is 4.85. The Bertz CT molecular complexity index is 575. The topological polar surface area (TPSA) is 24.9 Å². The van der Waals surface area contributed by atoms with Crippen LogP contribution in [-0.4, -0.2) is 11.5 Å². The maximum absolute atomic E-state index is 6.37. The third kappa shape index (κ3) is 3.98. The van der Waals surface area contributed by atoms with Crippen molar-refractivity contribution in [2.75, 3.05) is 6.54 Å². The zero-order valence-corrected chi connectivity index (χ0v) is 14.8. The first-order valence-corrected chi connectivity index (χ1v) is 8.80. The van der Waals surface area contributed by atoms with Gasteiger partial charge >= 0.3 is 0 Å². The lowest BCUT2D eigenvalue weighted by molar-refractivity contribution is 0.593. The van der Waals surface area contributed by atoms with Crippen molar-refractivity contribution >= 4 is 34.5 Å². The minimum Gasteiger partial charge on any atom is -0.304 e. The summed E-state index contributed by atoms with van der Waals surface area (Å²) in [5.74, 6) is 0.420. The van der Waals surface area contributed by atoms with Crippen LogP contribution in [0.3, 0.4) is 0 Å². The van der Waals surface area contributed by atoms with Gasteiger partial charge in [0.05, 0.1) is 11.7 Å². The molecule has 1 atom stereocenters. The van der Waals surface area contributed by atoms with E-state index < -0.39 is 0 Å². The molecule has 0 saturated heterocycles. The molecule has 2 nitrogen and oxygen atoms in total. The van der Waals surface area contributed by atoms with Gasteiger partial charge in [-0.1, -0.05) is 50.0 Å². The number of hydrogen-bond acceptors (Lipinski definition) is 3. The normalized spacial score (nSPS) is 12.9. The lowest BCUT2D eigenvalue weighted by Crippen LogP contribution is -2.23. The van der Waals surface area contributed by atoms with E-state index in [0.29, 0.717) is 16.0 Å². The number of thiazole rings is 1. The van der Waals surface area contributed by atoms with Crippen molar-refractivity contribution in [3.8, 4) is 0 Å². The number of hydrogen-bond donors (Lipinski definition) is 1.